The Balaban J connectivity index is 1.88. The van der Waals surface area contributed by atoms with E-state index in [-0.39, 0.29) is 17.6 Å². The van der Waals surface area contributed by atoms with E-state index in [2.05, 4.69) is 58.1 Å². The highest BCUT2D eigenvalue weighted by Gasteiger charge is 2.34. The Hall–Kier alpha value is -1.94. The zero-order valence-electron chi connectivity index (χ0n) is 16.1. The van der Waals surface area contributed by atoms with Crippen LogP contribution < -0.4 is 10.1 Å². The number of fused-ring (bicyclic) bond motifs is 1. The predicted molar refractivity (Wildman–Crippen MR) is 108 cm³/mol. The van der Waals surface area contributed by atoms with Crippen molar-refractivity contribution in [3.05, 3.63) is 59.2 Å². The van der Waals surface area contributed by atoms with E-state index in [1.54, 1.807) is 11.8 Å². The van der Waals surface area contributed by atoms with E-state index < -0.39 is 0 Å². The molecular formula is C22H27NO2S. The highest BCUT2D eigenvalue weighted by molar-refractivity contribution is 8.00. The molecule has 1 aliphatic heterocycles. The number of benzene rings is 2. The first-order valence-electron chi connectivity index (χ1n) is 9.11. The van der Waals surface area contributed by atoms with E-state index in [1.807, 2.05) is 24.3 Å². The molecule has 0 radical (unpaired) electrons. The molecule has 2 aromatic rings. The topological polar surface area (TPSA) is 38.3 Å². The zero-order chi connectivity index (χ0) is 18.9. The van der Waals surface area contributed by atoms with Gasteiger partial charge in [0.2, 0.25) is 0 Å². The van der Waals surface area contributed by atoms with E-state index in [0.717, 1.165) is 33.8 Å². The molecule has 3 rings (SSSR count). The molecule has 1 aliphatic rings. The molecular weight excluding hydrogens is 342 g/mol. The lowest BCUT2D eigenvalue weighted by atomic mass is 9.89. The molecule has 3 nitrogen and oxygen atoms in total. The van der Waals surface area contributed by atoms with Crippen LogP contribution in [-0.2, 0) is 0 Å². The molecule has 1 atom stereocenters. The summed E-state index contributed by atoms with van der Waals surface area (Å²) in [6.07, 6.45) is 0.744. The van der Waals surface area contributed by atoms with Crippen molar-refractivity contribution in [2.45, 2.75) is 62.8 Å². The number of hydrogen-bond donors (Lipinski definition) is 1. The smallest absolute Gasteiger partial charge is 0.252 e. The molecule has 0 bridgehead atoms. The summed E-state index contributed by atoms with van der Waals surface area (Å²) in [4.78, 5) is 14.1. The second kappa shape index (κ2) is 7.36. The summed E-state index contributed by atoms with van der Waals surface area (Å²) >= 11 is 1.72. The molecule has 1 amide bonds. The number of carbonyl (C=O) groups is 1. The Kier molecular flexibility index (Phi) is 5.33. The molecule has 0 saturated carbocycles. The van der Waals surface area contributed by atoms with Crippen LogP contribution in [0.15, 0.2) is 47.4 Å². The molecule has 0 spiro atoms. The predicted octanol–water partition coefficient (Wildman–Crippen LogP) is 5.53. The van der Waals surface area contributed by atoms with Crippen LogP contribution in [0.1, 0.15) is 61.6 Å². The third-order valence-corrected chi connectivity index (χ3v) is 5.51. The van der Waals surface area contributed by atoms with E-state index in [4.69, 9.17) is 4.74 Å². The lowest BCUT2D eigenvalue weighted by Crippen LogP contribution is -2.41. The Labute approximate surface area is 160 Å². The Morgan fingerprint density at radius 2 is 1.96 bits per heavy atom. The first kappa shape index (κ1) is 18.8. The van der Waals surface area contributed by atoms with Gasteiger partial charge in [-0.2, -0.15) is 0 Å². The van der Waals surface area contributed by atoms with Crippen molar-refractivity contribution < 1.29 is 9.53 Å². The van der Waals surface area contributed by atoms with Gasteiger partial charge < -0.3 is 10.1 Å². The molecule has 0 aliphatic carbocycles. The van der Waals surface area contributed by atoms with Crippen LogP contribution in [0.5, 0.6) is 5.75 Å². The molecule has 1 N–H and O–H groups in total. The van der Waals surface area contributed by atoms with Crippen molar-refractivity contribution in [1.82, 2.24) is 5.32 Å². The van der Waals surface area contributed by atoms with Crippen LogP contribution >= 0.6 is 11.8 Å². The molecule has 0 aromatic heterocycles. The number of aryl methyl sites for hydroxylation is 1. The van der Waals surface area contributed by atoms with Crippen LogP contribution in [-0.4, -0.2) is 16.8 Å². The van der Waals surface area contributed by atoms with Crippen LogP contribution in [0, 0.1) is 6.92 Å². The van der Waals surface area contributed by atoms with E-state index >= 15 is 0 Å². The summed E-state index contributed by atoms with van der Waals surface area (Å²) in [6, 6.07) is 14.0. The summed E-state index contributed by atoms with van der Waals surface area (Å²) in [5, 5.41) is 3.67. The number of rotatable bonds is 4. The van der Waals surface area contributed by atoms with Gasteiger partial charge in [0.25, 0.3) is 5.91 Å². The number of amides is 1. The molecule has 1 unspecified atom stereocenters. The van der Waals surface area contributed by atoms with Crippen LogP contribution in [0.3, 0.4) is 0 Å². The minimum Gasteiger partial charge on any atom is -0.487 e. The number of hydrogen-bond acceptors (Lipinski definition) is 3. The fraction of sp³-hybridized carbons (Fsp3) is 0.409. The highest BCUT2D eigenvalue weighted by atomic mass is 32.2. The summed E-state index contributed by atoms with van der Waals surface area (Å²) in [5.74, 6) is 0.847. The maximum atomic E-state index is 13.0. The Bertz CT molecular complexity index is 814. The van der Waals surface area contributed by atoms with Crippen molar-refractivity contribution in [3.63, 3.8) is 0 Å². The average molecular weight is 370 g/mol. The van der Waals surface area contributed by atoms with Gasteiger partial charge in [0.15, 0.2) is 0 Å². The van der Waals surface area contributed by atoms with Gasteiger partial charge in [-0.25, -0.2) is 0 Å². The molecule has 2 aromatic carbocycles. The quantitative estimate of drug-likeness (QED) is 0.720. The molecule has 4 heteroatoms. The van der Waals surface area contributed by atoms with Gasteiger partial charge in [0.05, 0.1) is 11.6 Å². The van der Waals surface area contributed by atoms with Gasteiger partial charge in [-0.1, -0.05) is 38.1 Å². The summed E-state index contributed by atoms with van der Waals surface area (Å²) in [7, 11) is 0. The SMILES string of the molecule is Cc1ccc2c(c1)OC(C)(C)CC2NC(=O)c1ccccc1SC(C)C. The number of ether oxygens (including phenoxy) is 1. The lowest BCUT2D eigenvalue weighted by Gasteiger charge is -2.38. The fourth-order valence-electron chi connectivity index (χ4n) is 3.33. The zero-order valence-corrected chi connectivity index (χ0v) is 16.9. The van der Waals surface area contributed by atoms with E-state index in [1.165, 1.54) is 0 Å². The number of thioether (sulfide) groups is 1. The molecule has 0 saturated heterocycles. The monoisotopic (exact) mass is 369 g/mol. The van der Waals surface area contributed by atoms with Gasteiger partial charge in [-0.15, -0.1) is 11.8 Å². The minimum absolute atomic E-state index is 0.0250. The maximum absolute atomic E-state index is 13.0. The average Bonchev–Trinajstić information content (AvgIpc) is 2.53. The Morgan fingerprint density at radius 1 is 1.23 bits per heavy atom. The second-order valence-corrected chi connectivity index (χ2v) is 9.41. The third kappa shape index (κ3) is 4.24. The fourth-order valence-corrected chi connectivity index (χ4v) is 4.29. The highest BCUT2D eigenvalue weighted by Crippen LogP contribution is 2.40. The minimum atomic E-state index is -0.315. The van der Waals surface area contributed by atoms with Gasteiger partial charge in [0, 0.05) is 22.1 Å². The second-order valence-electron chi connectivity index (χ2n) is 7.80. The van der Waals surface area contributed by atoms with Crippen molar-refractivity contribution >= 4 is 17.7 Å². The summed E-state index contributed by atoms with van der Waals surface area (Å²) in [5.41, 5.74) is 2.64. The van der Waals surface area contributed by atoms with Crippen LogP contribution in [0.2, 0.25) is 0 Å². The van der Waals surface area contributed by atoms with Gasteiger partial charge >= 0.3 is 0 Å². The molecule has 26 heavy (non-hydrogen) atoms. The van der Waals surface area contributed by atoms with E-state index in [9.17, 15) is 4.79 Å². The first-order chi connectivity index (χ1) is 12.2. The third-order valence-electron chi connectivity index (χ3n) is 4.43. The molecule has 138 valence electrons. The first-order valence-corrected chi connectivity index (χ1v) is 9.99. The number of carbonyl (C=O) groups excluding carboxylic acids is 1. The molecule has 1 heterocycles. The van der Waals surface area contributed by atoms with Crippen LogP contribution in [0.25, 0.3) is 0 Å². The van der Waals surface area contributed by atoms with Gasteiger partial charge in [-0.3, -0.25) is 4.79 Å². The summed E-state index contributed by atoms with van der Waals surface area (Å²) in [6.45, 7) is 10.5. The van der Waals surface area contributed by atoms with Crippen molar-refractivity contribution in [2.24, 2.45) is 0 Å². The van der Waals surface area contributed by atoms with Crippen LogP contribution in [0.4, 0.5) is 0 Å². The largest absolute Gasteiger partial charge is 0.487 e. The maximum Gasteiger partial charge on any atom is 0.252 e. The van der Waals surface area contributed by atoms with Crippen molar-refractivity contribution in [1.29, 1.82) is 0 Å². The number of nitrogens with one attached hydrogen (secondary N) is 1. The van der Waals surface area contributed by atoms with Crippen molar-refractivity contribution in [3.8, 4) is 5.75 Å². The van der Waals surface area contributed by atoms with Gasteiger partial charge in [-0.05, 0) is 44.5 Å². The van der Waals surface area contributed by atoms with Gasteiger partial charge in [0.1, 0.15) is 11.4 Å². The van der Waals surface area contributed by atoms with Crippen molar-refractivity contribution in [2.75, 3.05) is 0 Å². The standard InChI is InChI=1S/C22H27NO2S/c1-14(2)26-20-9-7-6-8-17(20)21(24)23-18-13-22(4,5)25-19-12-15(3)10-11-16(18)19/h6-12,14,18H,13H2,1-5H3,(H,23,24). The van der Waals surface area contributed by atoms with E-state index in [0.29, 0.717) is 5.25 Å². The summed E-state index contributed by atoms with van der Waals surface area (Å²) < 4.78 is 6.14. The lowest BCUT2D eigenvalue weighted by molar-refractivity contribution is 0.0618. The molecule has 0 fully saturated rings. The normalized spacial score (nSPS) is 18.2. The Morgan fingerprint density at radius 3 is 2.69 bits per heavy atom.